The fourth-order valence-corrected chi connectivity index (χ4v) is 3.21. The number of benzene rings is 3. The van der Waals surface area contributed by atoms with E-state index in [1.807, 2.05) is 60.7 Å². The highest BCUT2D eigenvalue weighted by Crippen LogP contribution is 2.25. The second kappa shape index (κ2) is 8.78. The predicted octanol–water partition coefficient (Wildman–Crippen LogP) is 6.46. The molecule has 0 N–H and O–H groups in total. The summed E-state index contributed by atoms with van der Waals surface area (Å²) in [6.07, 6.45) is 2.29. The van der Waals surface area contributed by atoms with Crippen LogP contribution < -0.4 is 0 Å². The Morgan fingerprint density at radius 1 is 0.552 bits per heavy atom. The average molecular weight is 380 g/mol. The van der Waals surface area contributed by atoms with E-state index in [9.17, 15) is 0 Å². The highest BCUT2D eigenvalue weighted by molar-refractivity contribution is 5.66. The second-order valence-corrected chi connectivity index (χ2v) is 7.67. The molecule has 4 rings (SSSR count). The minimum atomic E-state index is 0.693. The molecule has 0 saturated heterocycles. The van der Waals surface area contributed by atoms with E-state index in [-0.39, 0.29) is 0 Å². The van der Waals surface area contributed by atoms with Crippen molar-refractivity contribution < 1.29 is 0 Å². The highest BCUT2D eigenvalue weighted by Gasteiger charge is 2.12. The fraction of sp³-hybridized carbons (Fsp3) is 0.192. The third-order valence-corrected chi connectivity index (χ3v) is 4.92. The molecule has 3 aromatic carbocycles. The lowest BCUT2D eigenvalue weighted by Crippen LogP contribution is -2.00. The van der Waals surface area contributed by atoms with Crippen molar-refractivity contribution in [1.82, 2.24) is 15.0 Å². The van der Waals surface area contributed by atoms with Crippen LogP contribution in [0.3, 0.4) is 0 Å². The molecule has 29 heavy (non-hydrogen) atoms. The maximum Gasteiger partial charge on any atom is 0.164 e. The van der Waals surface area contributed by atoms with Gasteiger partial charge < -0.3 is 0 Å². The van der Waals surface area contributed by atoms with Gasteiger partial charge in [0.2, 0.25) is 0 Å². The number of aryl methyl sites for hydroxylation is 1. The first-order valence-corrected chi connectivity index (χ1v) is 10.2. The molecular formula is C26H25N3. The number of rotatable bonds is 6. The van der Waals surface area contributed by atoms with E-state index in [4.69, 9.17) is 15.0 Å². The van der Waals surface area contributed by atoms with Crippen molar-refractivity contribution in [3.63, 3.8) is 0 Å². The monoisotopic (exact) mass is 379 g/mol. The van der Waals surface area contributed by atoms with Gasteiger partial charge in [0, 0.05) is 16.7 Å². The molecule has 4 aromatic rings. The van der Waals surface area contributed by atoms with Gasteiger partial charge in [-0.2, -0.15) is 0 Å². The zero-order chi connectivity index (χ0) is 20.1. The summed E-state index contributed by atoms with van der Waals surface area (Å²) in [7, 11) is 0. The Morgan fingerprint density at radius 3 is 1.38 bits per heavy atom. The summed E-state index contributed by atoms with van der Waals surface area (Å²) in [6.45, 7) is 4.52. The molecule has 0 amide bonds. The number of hydrogen-bond donors (Lipinski definition) is 0. The van der Waals surface area contributed by atoms with Gasteiger partial charge in [-0.3, -0.25) is 0 Å². The van der Waals surface area contributed by atoms with Crippen LogP contribution in [-0.2, 0) is 6.42 Å². The molecule has 0 radical (unpaired) electrons. The molecule has 1 aromatic heterocycles. The third kappa shape index (κ3) is 4.75. The van der Waals surface area contributed by atoms with E-state index in [1.165, 1.54) is 12.0 Å². The minimum absolute atomic E-state index is 0.693. The Morgan fingerprint density at radius 2 is 0.966 bits per heavy atom. The second-order valence-electron chi connectivity index (χ2n) is 7.67. The van der Waals surface area contributed by atoms with Gasteiger partial charge in [0.25, 0.3) is 0 Å². The molecule has 3 heteroatoms. The van der Waals surface area contributed by atoms with Gasteiger partial charge in [0.15, 0.2) is 17.5 Å². The van der Waals surface area contributed by atoms with Crippen LogP contribution in [0, 0.1) is 5.92 Å². The molecule has 3 nitrogen and oxygen atoms in total. The Labute approximate surface area is 172 Å². The molecule has 0 unspecified atom stereocenters. The lowest BCUT2D eigenvalue weighted by molar-refractivity contribution is 0.587. The number of hydrogen-bond acceptors (Lipinski definition) is 3. The normalized spacial score (nSPS) is 11.0. The summed E-state index contributed by atoms with van der Waals surface area (Å²) in [5, 5.41) is 0. The van der Waals surface area contributed by atoms with Gasteiger partial charge in [-0.15, -0.1) is 0 Å². The van der Waals surface area contributed by atoms with Crippen molar-refractivity contribution in [2.75, 3.05) is 0 Å². The maximum absolute atomic E-state index is 4.78. The first-order valence-electron chi connectivity index (χ1n) is 10.2. The predicted molar refractivity (Wildman–Crippen MR) is 119 cm³/mol. The van der Waals surface area contributed by atoms with Crippen LogP contribution in [0.2, 0.25) is 0 Å². The SMILES string of the molecule is CC(C)CCc1ccc(-c2nc(-c3ccccc3)nc(-c3ccccc3)n2)cc1. The first kappa shape index (κ1) is 19.0. The quantitative estimate of drug-likeness (QED) is 0.386. The standard InChI is InChI=1S/C26H25N3/c1-19(2)13-14-20-15-17-23(18-16-20)26-28-24(21-9-5-3-6-10-21)27-25(29-26)22-11-7-4-8-12-22/h3-12,15-19H,13-14H2,1-2H3. The molecule has 0 spiro atoms. The molecule has 1 heterocycles. The molecule has 0 aliphatic carbocycles. The van der Waals surface area contributed by atoms with E-state index in [0.29, 0.717) is 23.4 Å². The number of nitrogens with zero attached hydrogens (tertiary/aromatic N) is 3. The van der Waals surface area contributed by atoms with Crippen LogP contribution in [-0.4, -0.2) is 15.0 Å². The van der Waals surface area contributed by atoms with Crippen molar-refractivity contribution >= 4 is 0 Å². The molecular weight excluding hydrogens is 354 g/mol. The van der Waals surface area contributed by atoms with Crippen molar-refractivity contribution in [2.45, 2.75) is 26.7 Å². The smallest absolute Gasteiger partial charge is 0.164 e. The molecule has 0 fully saturated rings. The first-order chi connectivity index (χ1) is 14.2. The van der Waals surface area contributed by atoms with Crippen LogP contribution in [0.5, 0.6) is 0 Å². The Balaban J connectivity index is 1.74. The topological polar surface area (TPSA) is 38.7 Å². The van der Waals surface area contributed by atoms with E-state index in [1.54, 1.807) is 0 Å². The summed E-state index contributed by atoms with van der Waals surface area (Å²) in [6, 6.07) is 28.8. The minimum Gasteiger partial charge on any atom is -0.208 e. The lowest BCUT2D eigenvalue weighted by atomic mass is 10.0. The van der Waals surface area contributed by atoms with Crippen molar-refractivity contribution in [1.29, 1.82) is 0 Å². The molecule has 0 bridgehead atoms. The Hall–Kier alpha value is -3.33. The summed E-state index contributed by atoms with van der Waals surface area (Å²) in [5.41, 5.74) is 4.34. The van der Waals surface area contributed by atoms with Gasteiger partial charge in [0.05, 0.1) is 0 Å². The van der Waals surface area contributed by atoms with Crippen molar-refractivity contribution in [2.24, 2.45) is 5.92 Å². The Kier molecular flexibility index (Phi) is 5.76. The van der Waals surface area contributed by atoms with Crippen LogP contribution >= 0.6 is 0 Å². The van der Waals surface area contributed by atoms with E-state index in [2.05, 4.69) is 38.1 Å². The summed E-state index contributed by atoms with van der Waals surface area (Å²) in [5.74, 6) is 2.80. The van der Waals surface area contributed by atoms with E-state index < -0.39 is 0 Å². The number of aromatic nitrogens is 3. The van der Waals surface area contributed by atoms with Crippen LogP contribution in [0.1, 0.15) is 25.8 Å². The third-order valence-electron chi connectivity index (χ3n) is 4.92. The average Bonchev–Trinajstić information content (AvgIpc) is 2.79. The van der Waals surface area contributed by atoms with Crippen LogP contribution in [0.4, 0.5) is 0 Å². The summed E-state index contributed by atoms with van der Waals surface area (Å²) in [4.78, 5) is 14.3. The van der Waals surface area contributed by atoms with Gasteiger partial charge in [-0.25, -0.2) is 15.0 Å². The Bertz CT molecular complexity index is 998. The highest BCUT2D eigenvalue weighted by atomic mass is 15.0. The van der Waals surface area contributed by atoms with Crippen LogP contribution in [0.15, 0.2) is 84.9 Å². The van der Waals surface area contributed by atoms with Gasteiger partial charge >= 0.3 is 0 Å². The molecule has 0 atom stereocenters. The van der Waals surface area contributed by atoms with Crippen LogP contribution in [0.25, 0.3) is 34.2 Å². The summed E-state index contributed by atoms with van der Waals surface area (Å²) < 4.78 is 0. The molecule has 144 valence electrons. The van der Waals surface area contributed by atoms with Gasteiger partial charge in [0.1, 0.15) is 0 Å². The van der Waals surface area contributed by atoms with Gasteiger partial charge in [-0.1, -0.05) is 98.8 Å². The fourth-order valence-electron chi connectivity index (χ4n) is 3.21. The zero-order valence-electron chi connectivity index (χ0n) is 16.9. The largest absolute Gasteiger partial charge is 0.208 e. The molecule has 0 aliphatic heterocycles. The van der Waals surface area contributed by atoms with Crippen molar-refractivity contribution in [3.05, 3.63) is 90.5 Å². The van der Waals surface area contributed by atoms with E-state index >= 15 is 0 Å². The summed E-state index contributed by atoms with van der Waals surface area (Å²) >= 11 is 0. The lowest BCUT2D eigenvalue weighted by Gasteiger charge is -2.09. The van der Waals surface area contributed by atoms with Gasteiger partial charge in [-0.05, 0) is 24.3 Å². The maximum atomic E-state index is 4.78. The zero-order valence-corrected chi connectivity index (χ0v) is 16.9. The van der Waals surface area contributed by atoms with Crippen molar-refractivity contribution in [3.8, 4) is 34.2 Å². The van der Waals surface area contributed by atoms with E-state index in [0.717, 1.165) is 23.1 Å². The molecule has 0 saturated carbocycles. The molecule has 0 aliphatic rings.